The number of rotatable bonds is 2. The zero-order valence-electron chi connectivity index (χ0n) is 11.1. The number of anilines is 1. The van der Waals surface area contributed by atoms with Gasteiger partial charge in [-0.2, -0.15) is 0 Å². The fraction of sp³-hybridized carbons (Fsp3) is 0.500. The first kappa shape index (κ1) is 13.4. The molecule has 0 fully saturated rings. The Hall–Kier alpha value is -1.03. The number of halogens is 1. The summed E-state index contributed by atoms with van der Waals surface area (Å²) in [6, 6.07) is 3.90. The lowest BCUT2D eigenvalue weighted by atomic mass is 9.86. The number of carbonyl (C=O) groups is 1. The van der Waals surface area contributed by atoms with Gasteiger partial charge in [0.2, 0.25) is 0 Å². The first-order valence-corrected chi connectivity index (χ1v) is 6.87. The Balaban J connectivity index is 2.65. The third-order valence-electron chi connectivity index (χ3n) is 3.52. The van der Waals surface area contributed by atoms with Crippen LogP contribution in [0.1, 0.15) is 43.6 Å². The maximum Gasteiger partial charge on any atom is 0.335 e. The van der Waals surface area contributed by atoms with Crippen LogP contribution in [0.3, 0.4) is 0 Å². The maximum absolute atomic E-state index is 11.1. The molecule has 0 unspecified atom stereocenters. The second-order valence-corrected chi connectivity index (χ2v) is 6.62. The minimum absolute atomic E-state index is 0.0203. The summed E-state index contributed by atoms with van der Waals surface area (Å²) in [7, 11) is 0. The van der Waals surface area contributed by atoms with Crippen LogP contribution in [0.25, 0.3) is 0 Å². The Labute approximate surface area is 116 Å². The summed E-state index contributed by atoms with van der Waals surface area (Å²) in [5.41, 5.74) is 2.58. The topological polar surface area (TPSA) is 40.5 Å². The molecule has 0 spiro atoms. The summed E-state index contributed by atoms with van der Waals surface area (Å²) in [5, 5.41) is 9.15. The Morgan fingerprint density at radius 2 is 2.06 bits per heavy atom. The molecule has 1 heterocycles. The first-order chi connectivity index (χ1) is 8.24. The van der Waals surface area contributed by atoms with Crippen molar-refractivity contribution in [1.29, 1.82) is 0 Å². The van der Waals surface area contributed by atoms with Crippen LogP contribution in [0.2, 0.25) is 0 Å². The van der Waals surface area contributed by atoms with Gasteiger partial charge in [0.1, 0.15) is 0 Å². The fourth-order valence-corrected chi connectivity index (χ4v) is 3.25. The van der Waals surface area contributed by atoms with Crippen molar-refractivity contribution in [2.75, 3.05) is 11.4 Å². The highest BCUT2D eigenvalue weighted by Gasteiger charge is 2.38. The number of benzene rings is 1. The van der Waals surface area contributed by atoms with E-state index in [1.165, 1.54) is 0 Å². The predicted octanol–water partition coefficient (Wildman–Crippen LogP) is 3.65. The molecule has 0 saturated heterocycles. The van der Waals surface area contributed by atoms with Crippen LogP contribution in [0.15, 0.2) is 16.6 Å². The van der Waals surface area contributed by atoms with Gasteiger partial charge in [0.25, 0.3) is 0 Å². The van der Waals surface area contributed by atoms with Crippen molar-refractivity contribution < 1.29 is 9.90 Å². The molecule has 1 N–H and O–H groups in total. The standard InChI is InChI=1S/C14H18BrNO2/c1-8(2)16-7-14(3,4)10-5-9(13(17)18)6-11(15)12(10)16/h5-6,8H,7H2,1-4H3,(H,17,18). The molecule has 0 radical (unpaired) electrons. The van der Waals surface area contributed by atoms with Crippen molar-refractivity contribution in [3.63, 3.8) is 0 Å². The number of hydrogen-bond acceptors (Lipinski definition) is 2. The lowest BCUT2D eigenvalue weighted by Gasteiger charge is -2.26. The summed E-state index contributed by atoms with van der Waals surface area (Å²) < 4.78 is 0.872. The number of hydrogen-bond donors (Lipinski definition) is 1. The second kappa shape index (κ2) is 4.26. The van der Waals surface area contributed by atoms with E-state index < -0.39 is 5.97 Å². The van der Waals surface area contributed by atoms with E-state index in [1.54, 1.807) is 6.07 Å². The monoisotopic (exact) mass is 311 g/mol. The molecule has 0 bridgehead atoms. The zero-order chi connectivity index (χ0) is 13.7. The van der Waals surface area contributed by atoms with Crippen molar-refractivity contribution >= 4 is 27.6 Å². The molecule has 3 nitrogen and oxygen atoms in total. The predicted molar refractivity (Wildman–Crippen MR) is 76.6 cm³/mol. The summed E-state index contributed by atoms with van der Waals surface area (Å²) in [6.07, 6.45) is 0. The van der Waals surface area contributed by atoms with Gasteiger partial charge in [0.05, 0.1) is 11.3 Å². The number of aromatic carboxylic acids is 1. The highest BCUT2D eigenvalue weighted by molar-refractivity contribution is 9.10. The summed E-state index contributed by atoms with van der Waals surface area (Å²) in [4.78, 5) is 13.5. The van der Waals surface area contributed by atoms with Crippen LogP contribution in [0.5, 0.6) is 0 Å². The van der Waals surface area contributed by atoms with Gasteiger partial charge in [0, 0.05) is 22.5 Å². The van der Waals surface area contributed by atoms with Crippen molar-refractivity contribution in [2.24, 2.45) is 0 Å². The Morgan fingerprint density at radius 3 is 2.56 bits per heavy atom. The average molecular weight is 312 g/mol. The molecule has 0 amide bonds. The van der Waals surface area contributed by atoms with Gasteiger partial charge in [-0.1, -0.05) is 13.8 Å². The average Bonchev–Trinajstić information content (AvgIpc) is 2.51. The molecule has 98 valence electrons. The van der Waals surface area contributed by atoms with E-state index in [4.69, 9.17) is 5.11 Å². The molecule has 4 heteroatoms. The highest BCUT2D eigenvalue weighted by Crippen LogP contribution is 2.46. The molecular weight excluding hydrogens is 294 g/mol. The van der Waals surface area contributed by atoms with Crippen LogP contribution < -0.4 is 4.90 Å². The maximum atomic E-state index is 11.1. The SMILES string of the molecule is CC(C)N1CC(C)(C)c2cc(C(=O)O)cc(Br)c21. The van der Waals surface area contributed by atoms with Crippen molar-refractivity contribution in [3.05, 3.63) is 27.7 Å². The minimum atomic E-state index is -0.878. The third-order valence-corrected chi connectivity index (χ3v) is 4.12. The van der Waals surface area contributed by atoms with Crippen molar-refractivity contribution in [1.82, 2.24) is 0 Å². The molecule has 1 aliphatic rings. The smallest absolute Gasteiger partial charge is 0.335 e. The van der Waals surface area contributed by atoms with Gasteiger partial charge in [-0.05, 0) is 47.5 Å². The lowest BCUT2D eigenvalue weighted by Crippen LogP contribution is -2.33. The first-order valence-electron chi connectivity index (χ1n) is 6.08. The fourth-order valence-electron chi connectivity index (χ4n) is 2.56. The van der Waals surface area contributed by atoms with Crippen LogP contribution in [0.4, 0.5) is 5.69 Å². The molecule has 1 aromatic carbocycles. The molecule has 0 atom stereocenters. The van der Waals surface area contributed by atoms with Crippen LogP contribution >= 0.6 is 15.9 Å². The van der Waals surface area contributed by atoms with Crippen LogP contribution in [-0.2, 0) is 5.41 Å². The van der Waals surface area contributed by atoms with E-state index in [9.17, 15) is 4.79 Å². The Bertz CT molecular complexity index is 509. The van der Waals surface area contributed by atoms with E-state index in [0.717, 1.165) is 22.3 Å². The summed E-state index contributed by atoms with van der Waals surface area (Å²) in [5.74, 6) is -0.878. The zero-order valence-corrected chi connectivity index (χ0v) is 12.7. The molecule has 1 aromatic rings. The molecule has 0 aromatic heterocycles. The minimum Gasteiger partial charge on any atom is -0.478 e. The quantitative estimate of drug-likeness (QED) is 0.906. The van der Waals surface area contributed by atoms with Gasteiger partial charge in [-0.3, -0.25) is 0 Å². The van der Waals surface area contributed by atoms with Crippen molar-refractivity contribution in [3.8, 4) is 0 Å². The van der Waals surface area contributed by atoms with E-state index in [2.05, 4.69) is 48.5 Å². The number of carboxylic acids is 1. The lowest BCUT2D eigenvalue weighted by molar-refractivity contribution is 0.0696. The van der Waals surface area contributed by atoms with E-state index in [-0.39, 0.29) is 5.41 Å². The molecule has 0 saturated carbocycles. The second-order valence-electron chi connectivity index (χ2n) is 5.76. The number of fused-ring (bicyclic) bond motifs is 1. The number of nitrogens with zero attached hydrogens (tertiary/aromatic N) is 1. The molecule has 2 rings (SSSR count). The normalized spacial score (nSPS) is 17.1. The molecular formula is C14H18BrNO2. The summed E-state index contributed by atoms with van der Waals surface area (Å²) >= 11 is 3.52. The molecule has 18 heavy (non-hydrogen) atoms. The van der Waals surface area contributed by atoms with Gasteiger partial charge in [0.15, 0.2) is 0 Å². The van der Waals surface area contributed by atoms with E-state index >= 15 is 0 Å². The molecule has 1 aliphatic heterocycles. The van der Waals surface area contributed by atoms with Gasteiger partial charge in [-0.25, -0.2) is 4.79 Å². The van der Waals surface area contributed by atoms with Crippen molar-refractivity contribution in [2.45, 2.75) is 39.2 Å². The molecule has 0 aliphatic carbocycles. The van der Waals surface area contributed by atoms with E-state index in [1.807, 2.05) is 6.07 Å². The Morgan fingerprint density at radius 1 is 1.44 bits per heavy atom. The van der Waals surface area contributed by atoms with E-state index in [0.29, 0.717) is 11.6 Å². The summed E-state index contributed by atoms with van der Waals surface area (Å²) in [6.45, 7) is 9.55. The van der Waals surface area contributed by atoms with Gasteiger partial charge >= 0.3 is 5.97 Å². The van der Waals surface area contributed by atoms with Crippen LogP contribution in [-0.4, -0.2) is 23.7 Å². The Kier molecular flexibility index (Phi) is 3.18. The van der Waals surface area contributed by atoms with Crippen LogP contribution in [0, 0.1) is 0 Å². The third kappa shape index (κ3) is 2.03. The van der Waals surface area contributed by atoms with Gasteiger partial charge < -0.3 is 10.0 Å². The highest BCUT2D eigenvalue weighted by atomic mass is 79.9. The number of carboxylic acid groups (broad SMARTS) is 1. The van der Waals surface area contributed by atoms with Gasteiger partial charge in [-0.15, -0.1) is 0 Å². The largest absolute Gasteiger partial charge is 0.478 e.